The molecule has 14 heavy (non-hydrogen) atoms. The largest absolute Gasteiger partial charge is 0.351 e. The van der Waals surface area contributed by atoms with Gasteiger partial charge in [0, 0.05) is 11.5 Å². The molecule has 0 aliphatic heterocycles. The molecule has 0 spiro atoms. The predicted molar refractivity (Wildman–Crippen MR) is 58.0 cm³/mol. The maximum Gasteiger partial charge on any atom is 0.220 e. The van der Waals surface area contributed by atoms with Crippen molar-refractivity contribution in [3.63, 3.8) is 0 Å². The number of carbonyl (C=O) groups is 1. The van der Waals surface area contributed by atoms with Crippen LogP contribution in [-0.4, -0.2) is 19.0 Å². The van der Waals surface area contributed by atoms with E-state index in [0.29, 0.717) is 24.5 Å². The molecule has 0 atom stereocenters. The van der Waals surface area contributed by atoms with E-state index in [1.54, 1.807) is 0 Å². The Morgan fingerprint density at radius 1 is 1.57 bits per heavy atom. The van der Waals surface area contributed by atoms with Crippen molar-refractivity contribution in [1.29, 1.82) is 0 Å². The number of halogens is 1. The summed E-state index contributed by atoms with van der Waals surface area (Å²) < 4.78 is 0. The second kappa shape index (κ2) is 4.80. The first-order valence-corrected chi connectivity index (χ1v) is 5.26. The zero-order valence-corrected chi connectivity index (χ0v) is 9.07. The average molecular weight is 217 g/mol. The Bertz CT molecular complexity index is 231. The van der Waals surface area contributed by atoms with E-state index >= 15 is 0 Å². The summed E-state index contributed by atoms with van der Waals surface area (Å²) in [6, 6.07) is 0. The second-order valence-corrected chi connectivity index (χ2v) is 4.56. The molecule has 1 aliphatic carbocycles. The number of carbonyl (C=O) groups excluding carboxylic acids is 1. The van der Waals surface area contributed by atoms with Gasteiger partial charge in [-0.2, -0.15) is 0 Å². The SMILES string of the molecule is C=C(Cl)CNC(=O)CC1(CN)CCC1. The van der Waals surface area contributed by atoms with E-state index < -0.39 is 0 Å². The van der Waals surface area contributed by atoms with Crippen molar-refractivity contribution in [2.45, 2.75) is 25.7 Å². The molecule has 0 aromatic rings. The standard InChI is InChI=1S/C10H17ClN2O/c1-8(11)6-13-9(14)5-10(7-12)3-2-4-10/h1-7,12H2,(H,13,14). The Labute approximate surface area is 89.7 Å². The van der Waals surface area contributed by atoms with Crippen LogP contribution in [0.3, 0.4) is 0 Å². The fourth-order valence-corrected chi connectivity index (χ4v) is 1.79. The van der Waals surface area contributed by atoms with E-state index in [0.717, 1.165) is 12.8 Å². The number of amides is 1. The van der Waals surface area contributed by atoms with Crippen LogP contribution < -0.4 is 11.1 Å². The van der Waals surface area contributed by atoms with Crippen LogP contribution in [0.25, 0.3) is 0 Å². The van der Waals surface area contributed by atoms with Gasteiger partial charge in [0.1, 0.15) is 0 Å². The molecule has 3 N–H and O–H groups in total. The highest BCUT2D eigenvalue weighted by molar-refractivity contribution is 6.29. The summed E-state index contributed by atoms with van der Waals surface area (Å²) in [5.41, 5.74) is 5.72. The molecular formula is C10H17ClN2O. The van der Waals surface area contributed by atoms with Crippen molar-refractivity contribution >= 4 is 17.5 Å². The molecule has 1 fully saturated rings. The molecule has 80 valence electrons. The molecule has 4 heteroatoms. The Balaban J connectivity index is 2.28. The molecule has 1 rings (SSSR count). The van der Waals surface area contributed by atoms with Crippen molar-refractivity contribution in [3.05, 3.63) is 11.6 Å². The Morgan fingerprint density at radius 2 is 2.21 bits per heavy atom. The molecule has 0 aromatic carbocycles. The molecule has 0 aromatic heterocycles. The summed E-state index contributed by atoms with van der Waals surface area (Å²) in [6.45, 7) is 4.45. The minimum absolute atomic E-state index is 0.0250. The van der Waals surface area contributed by atoms with Crippen molar-refractivity contribution in [1.82, 2.24) is 5.32 Å². The van der Waals surface area contributed by atoms with E-state index in [4.69, 9.17) is 17.3 Å². The van der Waals surface area contributed by atoms with Crippen molar-refractivity contribution in [2.24, 2.45) is 11.1 Å². The van der Waals surface area contributed by atoms with E-state index in [9.17, 15) is 4.79 Å². The molecule has 3 nitrogen and oxygen atoms in total. The summed E-state index contributed by atoms with van der Waals surface area (Å²) in [7, 11) is 0. The van der Waals surface area contributed by atoms with Crippen molar-refractivity contribution < 1.29 is 4.79 Å². The normalized spacial score (nSPS) is 18.4. The molecule has 0 saturated heterocycles. The maximum atomic E-state index is 11.4. The molecule has 1 aliphatic rings. The fourth-order valence-electron chi connectivity index (χ4n) is 1.73. The Morgan fingerprint density at radius 3 is 2.57 bits per heavy atom. The van der Waals surface area contributed by atoms with Gasteiger partial charge >= 0.3 is 0 Å². The van der Waals surface area contributed by atoms with Crippen LogP contribution >= 0.6 is 11.6 Å². The van der Waals surface area contributed by atoms with Crippen LogP contribution in [0.15, 0.2) is 11.6 Å². The lowest BCUT2D eigenvalue weighted by atomic mass is 9.66. The van der Waals surface area contributed by atoms with Gasteiger partial charge in [-0.15, -0.1) is 0 Å². The first kappa shape index (κ1) is 11.5. The van der Waals surface area contributed by atoms with Gasteiger partial charge < -0.3 is 11.1 Å². The van der Waals surface area contributed by atoms with Crippen molar-refractivity contribution in [2.75, 3.05) is 13.1 Å². The third kappa shape index (κ3) is 3.00. The number of nitrogens with two attached hydrogens (primary N) is 1. The van der Waals surface area contributed by atoms with Crippen LogP contribution in [0.2, 0.25) is 0 Å². The van der Waals surface area contributed by atoms with Gasteiger partial charge in [-0.05, 0) is 24.8 Å². The van der Waals surface area contributed by atoms with Gasteiger partial charge in [0.05, 0.1) is 6.54 Å². The first-order chi connectivity index (χ1) is 6.58. The van der Waals surface area contributed by atoms with Crippen LogP contribution in [0, 0.1) is 5.41 Å². The minimum atomic E-state index is 0.0250. The smallest absolute Gasteiger partial charge is 0.220 e. The summed E-state index contributed by atoms with van der Waals surface area (Å²) >= 11 is 5.54. The lowest BCUT2D eigenvalue weighted by molar-refractivity contribution is -0.124. The number of nitrogens with one attached hydrogen (secondary N) is 1. The summed E-state index contributed by atoms with van der Waals surface area (Å²) in [6.07, 6.45) is 3.85. The molecular weight excluding hydrogens is 200 g/mol. The lowest BCUT2D eigenvalue weighted by Gasteiger charge is -2.40. The molecule has 0 bridgehead atoms. The summed E-state index contributed by atoms with van der Waals surface area (Å²) in [5, 5.41) is 3.17. The minimum Gasteiger partial charge on any atom is -0.351 e. The molecule has 0 heterocycles. The second-order valence-electron chi connectivity index (χ2n) is 4.03. The van der Waals surface area contributed by atoms with Crippen LogP contribution in [-0.2, 0) is 4.79 Å². The fraction of sp³-hybridized carbons (Fsp3) is 0.700. The van der Waals surface area contributed by atoms with E-state index in [2.05, 4.69) is 11.9 Å². The van der Waals surface area contributed by atoms with Crippen LogP contribution in [0.4, 0.5) is 0 Å². The Hall–Kier alpha value is -0.540. The highest BCUT2D eigenvalue weighted by Crippen LogP contribution is 2.42. The predicted octanol–water partition coefficient (Wildman–Crippen LogP) is 1.37. The van der Waals surface area contributed by atoms with Gasteiger partial charge in [-0.25, -0.2) is 0 Å². The number of hydrogen-bond donors (Lipinski definition) is 2. The van der Waals surface area contributed by atoms with Crippen LogP contribution in [0.5, 0.6) is 0 Å². The summed E-state index contributed by atoms with van der Waals surface area (Å²) in [4.78, 5) is 11.4. The topological polar surface area (TPSA) is 55.1 Å². The lowest BCUT2D eigenvalue weighted by Crippen LogP contribution is -2.42. The highest BCUT2D eigenvalue weighted by atomic mass is 35.5. The number of rotatable bonds is 5. The van der Waals surface area contributed by atoms with Gasteiger partial charge in [0.25, 0.3) is 0 Å². The maximum absolute atomic E-state index is 11.4. The average Bonchev–Trinajstić information content (AvgIpc) is 2.08. The zero-order chi connectivity index (χ0) is 10.6. The van der Waals surface area contributed by atoms with Gasteiger partial charge in [0.2, 0.25) is 5.91 Å². The molecule has 0 unspecified atom stereocenters. The molecule has 1 amide bonds. The van der Waals surface area contributed by atoms with E-state index in [1.807, 2.05) is 0 Å². The van der Waals surface area contributed by atoms with Gasteiger partial charge in [-0.1, -0.05) is 24.6 Å². The number of hydrogen-bond acceptors (Lipinski definition) is 2. The quantitative estimate of drug-likeness (QED) is 0.730. The molecule has 1 saturated carbocycles. The monoisotopic (exact) mass is 216 g/mol. The van der Waals surface area contributed by atoms with Gasteiger partial charge in [0.15, 0.2) is 0 Å². The van der Waals surface area contributed by atoms with E-state index in [-0.39, 0.29) is 11.3 Å². The third-order valence-corrected chi connectivity index (χ3v) is 2.99. The van der Waals surface area contributed by atoms with E-state index in [1.165, 1.54) is 6.42 Å². The molecule has 0 radical (unpaired) electrons. The Kier molecular flexibility index (Phi) is 3.96. The zero-order valence-electron chi connectivity index (χ0n) is 8.31. The van der Waals surface area contributed by atoms with Crippen molar-refractivity contribution in [3.8, 4) is 0 Å². The van der Waals surface area contributed by atoms with Crippen LogP contribution in [0.1, 0.15) is 25.7 Å². The highest BCUT2D eigenvalue weighted by Gasteiger charge is 2.37. The van der Waals surface area contributed by atoms with Gasteiger partial charge in [-0.3, -0.25) is 4.79 Å². The third-order valence-electron chi connectivity index (χ3n) is 2.86. The summed E-state index contributed by atoms with van der Waals surface area (Å²) in [5.74, 6) is 0.0250. The first-order valence-electron chi connectivity index (χ1n) is 4.88.